The van der Waals surface area contributed by atoms with Gasteiger partial charge in [-0.05, 0) is 18.6 Å². The van der Waals surface area contributed by atoms with Crippen molar-refractivity contribution >= 4 is 28.3 Å². The van der Waals surface area contributed by atoms with E-state index in [1.807, 2.05) is 17.5 Å². The minimum atomic E-state index is -0.132. The normalized spacial score (nSPS) is 13.8. The molecule has 7 nitrogen and oxygen atoms in total. The molecule has 0 radical (unpaired) electrons. The molecule has 26 heavy (non-hydrogen) atoms. The smallest absolute Gasteiger partial charge is 0.228 e. The topological polar surface area (TPSA) is 80.8 Å². The Hall–Kier alpha value is -2.61. The van der Waals surface area contributed by atoms with E-state index in [0.717, 1.165) is 12.0 Å². The molecule has 1 aromatic heterocycles. The van der Waals surface area contributed by atoms with Gasteiger partial charge in [-0.15, -0.1) is 11.3 Å². The van der Waals surface area contributed by atoms with Gasteiger partial charge in [0.2, 0.25) is 11.8 Å². The molecule has 138 valence electrons. The number of nitrogens with one attached hydrogen (secondary N) is 1. The molecule has 2 amide bonds. The third-order valence-electron chi connectivity index (χ3n) is 4.16. The van der Waals surface area contributed by atoms with E-state index in [4.69, 9.17) is 9.47 Å². The Balaban J connectivity index is 1.56. The first-order chi connectivity index (χ1) is 12.6. The molecule has 1 aromatic carbocycles. The summed E-state index contributed by atoms with van der Waals surface area (Å²) in [5, 5.41) is 5.37. The summed E-state index contributed by atoms with van der Waals surface area (Å²) in [6, 6.07) is 5.46. The molecule has 1 aliphatic heterocycles. The summed E-state index contributed by atoms with van der Waals surface area (Å²) in [5.41, 5.74) is 1.53. The molecule has 1 fully saturated rings. The summed E-state index contributed by atoms with van der Waals surface area (Å²) in [5.74, 6) is 1.32. The number of hydrogen-bond acceptors (Lipinski definition) is 6. The summed E-state index contributed by atoms with van der Waals surface area (Å²) in [6.07, 6.45) is 1.61. The first kappa shape index (κ1) is 18.2. The lowest BCUT2D eigenvalue weighted by molar-refractivity contribution is -0.120. The van der Waals surface area contributed by atoms with Crippen LogP contribution < -0.4 is 19.7 Å². The predicted octanol–water partition coefficient (Wildman–Crippen LogP) is 2.15. The number of hydrogen-bond donors (Lipinski definition) is 1. The van der Waals surface area contributed by atoms with Crippen molar-refractivity contribution < 1.29 is 19.1 Å². The van der Waals surface area contributed by atoms with Gasteiger partial charge >= 0.3 is 0 Å². The van der Waals surface area contributed by atoms with Crippen LogP contribution >= 0.6 is 11.3 Å². The SMILES string of the molecule is COc1ccc(CNC(=O)Cc2csc(N3CCCC3=O)n2)c(OC)c1. The lowest BCUT2D eigenvalue weighted by Gasteiger charge is -2.11. The van der Waals surface area contributed by atoms with Gasteiger partial charge in [0.25, 0.3) is 0 Å². The van der Waals surface area contributed by atoms with E-state index >= 15 is 0 Å². The summed E-state index contributed by atoms with van der Waals surface area (Å²) in [7, 11) is 3.17. The second-order valence-corrected chi connectivity index (χ2v) is 6.74. The number of benzene rings is 1. The molecule has 1 N–H and O–H groups in total. The Bertz CT molecular complexity index is 805. The van der Waals surface area contributed by atoms with Gasteiger partial charge in [0.05, 0.1) is 26.3 Å². The quantitative estimate of drug-likeness (QED) is 0.802. The summed E-state index contributed by atoms with van der Waals surface area (Å²) in [6.45, 7) is 1.06. The molecule has 0 unspecified atom stereocenters. The van der Waals surface area contributed by atoms with Crippen LogP contribution in [0.15, 0.2) is 23.6 Å². The van der Waals surface area contributed by atoms with Crippen LogP contribution in [0, 0.1) is 0 Å². The standard InChI is InChI=1S/C18H21N3O4S/c1-24-14-6-5-12(15(9-14)25-2)10-19-16(22)8-13-11-26-18(20-13)21-7-3-4-17(21)23/h5-6,9,11H,3-4,7-8,10H2,1-2H3,(H,19,22). The molecule has 0 atom stereocenters. The molecular formula is C18H21N3O4S. The molecule has 0 spiro atoms. The highest BCUT2D eigenvalue weighted by atomic mass is 32.1. The van der Waals surface area contributed by atoms with Gasteiger partial charge in [0.1, 0.15) is 11.5 Å². The number of anilines is 1. The zero-order valence-corrected chi connectivity index (χ0v) is 15.6. The van der Waals surface area contributed by atoms with E-state index < -0.39 is 0 Å². The number of thiazole rings is 1. The number of carbonyl (C=O) groups excluding carboxylic acids is 2. The Morgan fingerprint density at radius 3 is 2.88 bits per heavy atom. The molecule has 0 saturated carbocycles. The summed E-state index contributed by atoms with van der Waals surface area (Å²) in [4.78, 5) is 30.1. The van der Waals surface area contributed by atoms with Crippen molar-refractivity contribution in [3.05, 3.63) is 34.8 Å². The van der Waals surface area contributed by atoms with Gasteiger partial charge in [0, 0.05) is 36.5 Å². The van der Waals surface area contributed by atoms with Crippen LogP contribution in [0.4, 0.5) is 5.13 Å². The first-order valence-corrected chi connectivity index (χ1v) is 9.21. The maximum absolute atomic E-state index is 12.2. The number of carbonyl (C=O) groups is 2. The molecule has 0 bridgehead atoms. The molecule has 1 aliphatic rings. The predicted molar refractivity (Wildman–Crippen MR) is 98.8 cm³/mol. The van der Waals surface area contributed by atoms with E-state index in [0.29, 0.717) is 41.8 Å². The molecule has 0 aliphatic carbocycles. The number of methoxy groups -OCH3 is 2. The monoisotopic (exact) mass is 375 g/mol. The van der Waals surface area contributed by atoms with Gasteiger partial charge in [0.15, 0.2) is 5.13 Å². The number of aromatic nitrogens is 1. The number of rotatable bonds is 7. The minimum absolute atomic E-state index is 0.0990. The molecular weight excluding hydrogens is 354 g/mol. The maximum atomic E-state index is 12.2. The molecule has 2 heterocycles. The average molecular weight is 375 g/mol. The zero-order chi connectivity index (χ0) is 18.5. The molecule has 8 heteroatoms. The van der Waals surface area contributed by atoms with Gasteiger partial charge in [-0.25, -0.2) is 4.98 Å². The van der Waals surface area contributed by atoms with Crippen molar-refractivity contribution in [1.82, 2.24) is 10.3 Å². The second kappa shape index (κ2) is 8.18. The summed E-state index contributed by atoms with van der Waals surface area (Å²) < 4.78 is 10.5. The third kappa shape index (κ3) is 4.13. The van der Waals surface area contributed by atoms with Crippen molar-refractivity contribution in [3.63, 3.8) is 0 Å². The van der Waals surface area contributed by atoms with Crippen molar-refractivity contribution in [3.8, 4) is 11.5 Å². The maximum Gasteiger partial charge on any atom is 0.228 e. The first-order valence-electron chi connectivity index (χ1n) is 8.33. The van der Waals surface area contributed by atoms with Crippen LogP contribution in [-0.4, -0.2) is 37.6 Å². The van der Waals surface area contributed by atoms with E-state index in [-0.39, 0.29) is 18.2 Å². The van der Waals surface area contributed by atoms with Crippen LogP contribution in [-0.2, 0) is 22.6 Å². The van der Waals surface area contributed by atoms with Crippen LogP contribution in [0.2, 0.25) is 0 Å². The highest BCUT2D eigenvalue weighted by Crippen LogP contribution is 2.26. The fraction of sp³-hybridized carbons (Fsp3) is 0.389. The van der Waals surface area contributed by atoms with Crippen molar-refractivity contribution in [2.75, 3.05) is 25.7 Å². The fourth-order valence-corrected chi connectivity index (χ4v) is 3.64. The third-order valence-corrected chi connectivity index (χ3v) is 5.07. The Kier molecular flexibility index (Phi) is 5.72. The van der Waals surface area contributed by atoms with E-state index in [1.54, 1.807) is 25.2 Å². The summed E-state index contributed by atoms with van der Waals surface area (Å²) >= 11 is 1.40. The molecule has 1 saturated heterocycles. The van der Waals surface area contributed by atoms with E-state index in [2.05, 4.69) is 10.3 Å². The zero-order valence-electron chi connectivity index (χ0n) is 14.8. The Labute approximate surface area is 155 Å². The van der Waals surface area contributed by atoms with Gasteiger partial charge in [-0.3, -0.25) is 14.5 Å². The van der Waals surface area contributed by atoms with Gasteiger partial charge < -0.3 is 14.8 Å². The lowest BCUT2D eigenvalue weighted by Crippen LogP contribution is -2.25. The lowest BCUT2D eigenvalue weighted by atomic mass is 10.2. The highest BCUT2D eigenvalue weighted by Gasteiger charge is 2.24. The van der Waals surface area contributed by atoms with Gasteiger partial charge in [-0.2, -0.15) is 0 Å². The number of nitrogens with zero attached hydrogens (tertiary/aromatic N) is 2. The minimum Gasteiger partial charge on any atom is -0.497 e. The van der Waals surface area contributed by atoms with Gasteiger partial charge in [-0.1, -0.05) is 0 Å². The fourth-order valence-electron chi connectivity index (χ4n) is 2.77. The number of amides is 2. The van der Waals surface area contributed by atoms with Crippen molar-refractivity contribution in [2.45, 2.75) is 25.8 Å². The van der Waals surface area contributed by atoms with Crippen LogP contribution in [0.1, 0.15) is 24.1 Å². The van der Waals surface area contributed by atoms with E-state index in [1.165, 1.54) is 11.3 Å². The van der Waals surface area contributed by atoms with Crippen molar-refractivity contribution in [2.24, 2.45) is 0 Å². The largest absolute Gasteiger partial charge is 0.497 e. The molecule has 3 rings (SSSR count). The van der Waals surface area contributed by atoms with Crippen molar-refractivity contribution in [1.29, 1.82) is 0 Å². The Morgan fingerprint density at radius 2 is 2.19 bits per heavy atom. The van der Waals surface area contributed by atoms with Crippen LogP contribution in [0.3, 0.4) is 0 Å². The molecule has 2 aromatic rings. The van der Waals surface area contributed by atoms with Crippen LogP contribution in [0.25, 0.3) is 0 Å². The number of ether oxygens (including phenoxy) is 2. The van der Waals surface area contributed by atoms with Crippen LogP contribution in [0.5, 0.6) is 11.5 Å². The average Bonchev–Trinajstić information content (AvgIpc) is 3.28. The second-order valence-electron chi connectivity index (χ2n) is 5.90. The highest BCUT2D eigenvalue weighted by molar-refractivity contribution is 7.14. The van der Waals surface area contributed by atoms with E-state index in [9.17, 15) is 9.59 Å². The Morgan fingerprint density at radius 1 is 1.35 bits per heavy atom.